The Morgan fingerprint density at radius 1 is 1.67 bits per heavy atom. The second-order valence-corrected chi connectivity index (χ2v) is 2.97. The molecular formula is C7H16OSi. The summed E-state index contributed by atoms with van der Waals surface area (Å²) >= 11 is 0. The van der Waals surface area contributed by atoms with Gasteiger partial charge < -0.3 is 4.43 Å². The van der Waals surface area contributed by atoms with E-state index in [1.807, 2.05) is 6.08 Å². The van der Waals surface area contributed by atoms with Crippen LogP contribution in [0.4, 0.5) is 0 Å². The van der Waals surface area contributed by atoms with Gasteiger partial charge in [0.1, 0.15) is 10.5 Å². The first kappa shape index (κ1) is 8.92. The van der Waals surface area contributed by atoms with Crippen LogP contribution < -0.4 is 0 Å². The Labute approximate surface area is 60.6 Å². The van der Waals surface area contributed by atoms with Crippen LogP contribution in [0.3, 0.4) is 0 Å². The van der Waals surface area contributed by atoms with E-state index in [0.29, 0.717) is 12.0 Å². The van der Waals surface area contributed by atoms with Gasteiger partial charge in [-0.05, 0) is 19.3 Å². The molecule has 0 aromatic rings. The van der Waals surface area contributed by atoms with Gasteiger partial charge in [0.05, 0.1) is 0 Å². The highest BCUT2D eigenvalue weighted by Crippen LogP contribution is 2.07. The van der Waals surface area contributed by atoms with Gasteiger partial charge in [0.15, 0.2) is 0 Å². The van der Waals surface area contributed by atoms with Gasteiger partial charge in [0.2, 0.25) is 0 Å². The summed E-state index contributed by atoms with van der Waals surface area (Å²) in [6.45, 7) is 7.96. The average molecular weight is 144 g/mol. The highest BCUT2D eigenvalue weighted by Gasteiger charge is 2.01. The normalized spacial score (nSPS) is 17.1. The highest BCUT2D eigenvalue weighted by atomic mass is 28.2. The Kier molecular flexibility index (Phi) is 4.72. The fourth-order valence-electron chi connectivity index (χ4n) is 0.716. The number of hydrogen-bond acceptors (Lipinski definition) is 1. The Balaban J connectivity index is 3.33. The minimum absolute atomic E-state index is 0.421. The van der Waals surface area contributed by atoms with E-state index < -0.39 is 0 Å². The standard InChI is InChI=1S/C7H16OSi/c1-4-6(2)5-7(3)8-9/h4,6-7H,1,5H2,2-3,9H3. The van der Waals surface area contributed by atoms with Crippen molar-refractivity contribution in [1.29, 1.82) is 0 Å². The molecule has 0 spiro atoms. The zero-order valence-corrected chi connectivity index (χ0v) is 8.55. The maximum atomic E-state index is 5.21. The van der Waals surface area contributed by atoms with Crippen LogP contribution in [-0.2, 0) is 4.43 Å². The van der Waals surface area contributed by atoms with Crippen molar-refractivity contribution < 1.29 is 4.43 Å². The lowest BCUT2D eigenvalue weighted by molar-refractivity contribution is 0.217. The van der Waals surface area contributed by atoms with E-state index in [2.05, 4.69) is 20.4 Å². The molecule has 0 bridgehead atoms. The minimum Gasteiger partial charge on any atom is -0.425 e. The number of hydrogen-bond donors (Lipinski definition) is 0. The van der Waals surface area contributed by atoms with E-state index in [4.69, 9.17) is 4.43 Å². The third kappa shape index (κ3) is 4.42. The van der Waals surface area contributed by atoms with Crippen molar-refractivity contribution in [3.63, 3.8) is 0 Å². The third-order valence-corrected chi connectivity index (χ3v) is 2.31. The Bertz CT molecular complexity index is 83.0. The van der Waals surface area contributed by atoms with Crippen molar-refractivity contribution in [3.05, 3.63) is 12.7 Å². The van der Waals surface area contributed by atoms with Crippen molar-refractivity contribution in [2.24, 2.45) is 5.92 Å². The number of allylic oxidation sites excluding steroid dienone is 1. The first-order valence-corrected chi connectivity index (χ1v) is 4.17. The summed E-state index contributed by atoms with van der Waals surface area (Å²) < 4.78 is 5.21. The van der Waals surface area contributed by atoms with Crippen LogP contribution in [0.2, 0.25) is 0 Å². The van der Waals surface area contributed by atoms with E-state index >= 15 is 0 Å². The Morgan fingerprint density at radius 3 is 2.56 bits per heavy atom. The first-order chi connectivity index (χ1) is 4.20. The van der Waals surface area contributed by atoms with Crippen LogP contribution in [-0.4, -0.2) is 16.6 Å². The number of rotatable bonds is 4. The second kappa shape index (κ2) is 4.76. The largest absolute Gasteiger partial charge is 0.425 e. The molecule has 0 aliphatic rings. The monoisotopic (exact) mass is 144 g/mol. The minimum atomic E-state index is 0.421. The van der Waals surface area contributed by atoms with Gasteiger partial charge >= 0.3 is 0 Å². The summed E-state index contributed by atoms with van der Waals surface area (Å²) in [7, 11) is 0.847. The zero-order chi connectivity index (χ0) is 7.28. The molecule has 0 aromatic carbocycles. The summed E-state index contributed by atoms with van der Waals surface area (Å²) in [6, 6.07) is 0. The molecule has 0 saturated carbocycles. The van der Waals surface area contributed by atoms with E-state index in [0.717, 1.165) is 16.9 Å². The summed E-state index contributed by atoms with van der Waals surface area (Å²) in [5.74, 6) is 0.592. The van der Waals surface area contributed by atoms with Gasteiger partial charge in [-0.15, -0.1) is 6.58 Å². The topological polar surface area (TPSA) is 9.23 Å². The summed E-state index contributed by atoms with van der Waals surface area (Å²) in [5.41, 5.74) is 0. The van der Waals surface area contributed by atoms with Crippen LogP contribution in [0.5, 0.6) is 0 Å². The molecule has 2 atom stereocenters. The lowest BCUT2D eigenvalue weighted by Crippen LogP contribution is -2.09. The van der Waals surface area contributed by atoms with Gasteiger partial charge in [0, 0.05) is 6.10 Å². The molecule has 0 amide bonds. The molecule has 0 radical (unpaired) electrons. The molecule has 0 aliphatic carbocycles. The molecule has 0 fully saturated rings. The van der Waals surface area contributed by atoms with Crippen LogP contribution in [0.15, 0.2) is 12.7 Å². The SMILES string of the molecule is C=CC(C)CC(C)O[SiH3]. The zero-order valence-electron chi connectivity index (χ0n) is 6.55. The predicted octanol–water partition coefficient (Wildman–Crippen LogP) is 0.884. The fourth-order valence-corrected chi connectivity index (χ4v) is 0.908. The maximum Gasteiger partial charge on any atom is 0.146 e. The fraction of sp³-hybridized carbons (Fsp3) is 0.714. The summed E-state index contributed by atoms with van der Waals surface area (Å²) in [5, 5.41) is 0. The van der Waals surface area contributed by atoms with Gasteiger partial charge in [-0.25, -0.2) is 0 Å². The molecule has 54 valence electrons. The van der Waals surface area contributed by atoms with Gasteiger partial charge in [0.25, 0.3) is 0 Å². The van der Waals surface area contributed by atoms with Gasteiger partial charge in [-0.1, -0.05) is 13.0 Å². The van der Waals surface area contributed by atoms with Gasteiger partial charge in [-0.3, -0.25) is 0 Å². The third-order valence-electron chi connectivity index (χ3n) is 1.51. The first-order valence-electron chi connectivity index (χ1n) is 3.36. The quantitative estimate of drug-likeness (QED) is 0.420. The van der Waals surface area contributed by atoms with E-state index in [9.17, 15) is 0 Å². The van der Waals surface area contributed by atoms with E-state index in [1.165, 1.54) is 0 Å². The molecule has 0 rings (SSSR count). The van der Waals surface area contributed by atoms with Crippen molar-refractivity contribution in [1.82, 2.24) is 0 Å². The second-order valence-electron chi connectivity index (χ2n) is 2.50. The van der Waals surface area contributed by atoms with Crippen molar-refractivity contribution in [2.75, 3.05) is 0 Å². The molecule has 2 heteroatoms. The van der Waals surface area contributed by atoms with Crippen LogP contribution in [0, 0.1) is 5.92 Å². The van der Waals surface area contributed by atoms with Crippen LogP contribution >= 0.6 is 0 Å². The molecule has 0 heterocycles. The average Bonchev–Trinajstić information content (AvgIpc) is 1.87. The van der Waals surface area contributed by atoms with Crippen LogP contribution in [0.1, 0.15) is 20.3 Å². The molecule has 0 aliphatic heterocycles. The van der Waals surface area contributed by atoms with Crippen molar-refractivity contribution >= 4 is 10.5 Å². The molecule has 0 aromatic heterocycles. The predicted molar refractivity (Wildman–Crippen MR) is 44.5 cm³/mol. The lowest BCUT2D eigenvalue weighted by atomic mass is 10.1. The molecule has 0 N–H and O–H groups in total. The van der Waals surface area contributed by atoms with Crippen molar-refractivity contribution in [3.8, 4) is 0 Å². The molecular weight excluding hydrogens is 128 g/mol. The van der Waals surface area contributed by atoms with E-state index in [1.54, 1.807) is 0 Å². The smallest absolute Gasteiger partial charge is 0.146 e. The molecule has 1 nitrogen and oxygen atoms in total. The summed E-state index contributed by atoms with van der Waals surface area (Å²) in [4.78, 5) is 0. The molecule has 9 heavy (non-hydrogen) atoms. The molecule has 0 saturated heterocycles. The lowest BCUT2D eigenvalue weighted by Gasteiger charge is -2.12. The van der Waals surface area contributed by atoms with Gasteiger partial charge in [-0.2, -0.15) is 0 Å². The highest BCUT2D eigenvalue weighted by molar-refractivity contribution is 5.98. The van der Waals surface area contributed by atoms with E-state index in [-0.39, 0.29) is 0 Å². The Hall–Kier alpha value is -0.0831. The summed E-state index contributed by atoms with van der Waals surface area (Å²) in [6.07, 6.45) is 3.49. The Morgan fingerprint density at radius 2 is 2.22 bits per heavy atom. The van der Waals surface area contributed by atoms with Crippen LogP contribution in [0.25, 0.3) is 0 Å². The molecule has 2 unspecified atom stereocenters. The van der Waals surface area contributed by atoms with Crippen molar-refractivity contribution in [2.45, 2.75) is 26.4 Å². The maximum absolute atomic E-state index is 5.21.